The third-order valence-electron chi connectivity index (χ3n) is 4.61. The maximum atomic E-state index is 12.7. The zero-order chi connectivity index (χ0) is 24.0. The Hall–Kier alpha value is -3.85. The van der Waals surface area contributed by atoms with Crippen molar-refractivity contribution >= 4 is 38.9 Å². The van der Waals surface area contributed by atoms with Crippen molar-refractivity contribution < 1.29 is 22.7 Å². The number of hydrogen-bond donors (Lipinski definition) is 3. The molecule has 0 aliphatic rings. The molecule has 0 saturated heterocycles. The highest BCUT2D eigenvalue weighted by Crippen LogP contribution is 2.24. The Bertz CT molecular complexity index is 1250. The minimum Gasteiger partial charge on any atom is -0.483 e. The predicted octanol–water partition coefficient (Wildman–Crippen LogP) is 4.08. The van der Waals surface area contributed by atoms with Gasteiger partial charge in [0.1, 0.15) is 5.75 Å². The first kappa shape index (κ1) is 23.8. The van der Waals surface area contributed by atoms with Crippen LogP contribution in [0.15, 0.2) is 71.6 Å². The highest BCUT2D eigenvalue weighted by atomic mass is 32.2. The summed E-state index contributed by atoms with van der Waals surface area (Å²) in [5.74, 6) is -0.153. The zero-order valence-electron chi connectivity index (χ0n) is 18.5. The van der Waals surface area contributed by atoms with Crippen LogP contribution in [0.5, 0.6) is 5.75 Å². The first-order valence-electron chi connectivity index (χ1n) is 10.1. The third-order valence-corrected chi connectivity index (χ3v) is 5.99. The summed E-state index contributed by atoms with van der Waals surface area (Å²) in [7, 11) is -3.76. The van der Waals surface area contributed by atoms with Crippen LogP contribution in [0.25, 0.3) is 0 Å². The van der Waals surface area contributed by atoms with Crippen LogP contribution in [0.1, 0.15) is 18.1 Å². The molecule has 2 amide bonds. The van der Waals surface area contributed by atoms with E-state index in [4.69, 9.17) is 4.74 Å². The quantitative estimate of drug-likeness (QED) is 0.462. The van der Waals surface area contributed by atoms with Gasteiger partial charge in [0.2, 0.25) is 5.91 Å². The van der Waals surface area contributed by atoms with Crippen molar-refractivity contribution in [3.63, 3.8) is 0 Å². The molecule has 3 N–H and O–H groups in total. The summed E-state index contributed by atoms with van der Waals surface area (Å²) >= 11 is 0. The molecule has 0 bridgehead atoms. The van der Waals surface area contributed by atoms with Gasteiger partial charge in [0.15, 0.2) is 6.61 Å². The second-order valence-corrected chi connectivity index (χ2v) is 9.18. The van der Waals surface area contributed by atoms with Crippen molar-refractivity contribution in [1.82, 2.24) is 0 Å². The number of hydrogen-bond acceptors (Lipinski definition) is 5. The molecule has 172 valence electrons. The van der Waals surface area contributed by atoms with Gasteiger partial charge >= 0.3 is 0 Å². The molecule has 0 saturated carbocycles. The summed E-state index contributed by atoms with van der Waals surface area (Å²) in [5, 5.41) is 5.34. The number of amides is 2. The van der Waals surface area contributed by atoms with Crippen molar-refractivity contribution in [3.8, 4) is 5.75 Å². The minimum atomic E-state index is -3.76. The van der Waals surface area contributed by atoms with Gasteiger partial charge in [0, 0.05) is 24.0 Å². The van der Waals surface area contributed by atoms with Crippen LogP contribution in [-0.4, -0.2) is 26.8 Å². The molecule has 0 heterocycles. The fourth-order valence-electron chi connectivity index (χ4n) is 2.97. The summed E-state index contributed by atoms with van der Waals surface area (Å²) in [5.41, 5.74) is 3.26. The van der Waals surface area contributed by atoms with Gasteiger partial charge in [-0.1, -0.05) is 17.7 Å². The average molecular weight is 468 g/mol. The third kappa shape index (κ3) is 6.81. The molecule has 0 atom stereocenters. The van der Waals surface area contributed by atoms with Crippen LogP contribution in [-0.2, 0) is 19.6 Å². The Kier molecular flexibility index (Phi) is 7.34. The van der Waals surface area contributed by atoms with Crippen LogP contribution >= 0.6 is 0 Å². The Labute approximate surface area is 193 Å². The Balaban J connectivity index is 1.59. The minimum absolute atomic E-state index is 0.0941. The molecule has 0 aromatic heterocycles. The van der Waals surface area contributed by atoms with Crippen molar-refractivity contribution in [1.29, 1.82) is 0 Å². The van der Waals surface area contributed by atoms with E-state index in [0.29, 0.717) is 28.4 Å². The topological polar surface area (TPSA) is 114 Å². The molecule has 0 unspecified atom stereocenters. The van der Waals surface area contributed by atoms with E-state index in [9.17, 15) is 18.0 Å². The zero-order valence-corrected chi connectivity index (χ0v) is 19.3. The van der Waals surface area contributed by atoms with Crippen LogP contribution in [0, 0.1) is 13.8 Å². The largest absolute Gasteiger partial charge is 0.483 e. The van der Waals surface area contributed by atoms with Crippen molar-refractivity contribution in [3.05, 3.63) is 77.9 Å². The molecule has 0 aliphatic heterocycles. The highest BCUT2D eigenvalue weighted by molar-refractivity contribution is 7.92. The van der Waals surface area contributed by atoms with Crippen LogP contribution < -0.4 is 20.1 Å². The molecule has 9 heteroatoms. The number of carbonyl (C=O) groups excluding carboxylic acids is 2. The normalized spacial score (nSPS) is 10.9. The number of carbonyl (C=O) groups is 2. The molecule has 0 fully saturated rings. The second-order valence-electron chi connectivity index (χ2n) is 7.49. The smallest absolute Gasteiger partial charge is 0.262 e. The molecule has 0 spiro atoms. The fraction of sp³-hybridized carbons (Fsp3) is 0.167. The lowest BCUT2D eigenvalue weighted by Crippen LogP contribution is -2.20. The van der Waals surface area contributed by atoms with Gasteiger partial charge in [-0.05, 0) is 74.0 Å². The lowest BCUT2D eigenvalue weighted by molar-refractivity contribution is -0.118. The molecular weight excluding hydrogens is 442 g/mol. The number of sulfonamides is 1. The standard InChI is InChI=1S/C24H25N3O5S/c1-16-4-6-21(7-5-16)27-33(30,31)22-12-13-23(17(2)14-22)32-15-24(29)26-20-10-8-19(9-11-20)25-18(3)28/h4-14,27H,15H2,1-3H3,(H,25,28)(H,26,29). The van der Waals surface area contributed by atoms with E-state index in [2.05, 4.69) is 15.4 Å². The summed E-state index contributed by atoms with van der Waals surface area (Å²) in [6.07, 6.45) is 0. The van der Waals surface area contributed by atoms with Crippen molar-refractivity contribution in [2.24, 2.45) is 0 Å². The van der Waals surface area contributed by atoms with Gasteiger partial charge < -0.3 is 15.4 Å². The molecule has 0 aliphatic carbocycles. The first-order valence-corrected chi connectivity index (χ1v) is 11.6. The van der Waals surface area contributed by atoms with Gasteiger partial charge in [0.05, 0.1) is 4.90 Å². The molecule has 33 heavy (non-hydrogen) atoms. The molecule has 3 rings (SSSR count). The van der Waals surface area contributed by atoms with Crippen LogP contribution in [0.2, 0.25) is 0 Å². The summed E-state index contributed by atoms with van der Waals surface area (Å²) in [6.45, 7) is 4.79. The maximum absolute atomic E-state index is 12.7. The fourth-order valence-corrected chi connectivity index (χ4v) is 4.11. The van der Waals surface area contributed by atoms with Gasteiger partial charge in [-0.2, -0.15) is 0 Å². The van der Waals surface area contributed by atoms with Gasteiger partial charge in [0.25, 0.3) is 15.9 Å². The number of nitrogens with one attached hydrogen (secondary N) is 3. The van der Waals surface area contributed by atoms with E-state index in [1.54, 1.807) is 43.3 Å². The van der Waals surface area contributed by atoms with E-state index in [1.807, 2.05) is 19.1 Å². The van der Waals surface area contributed by atoms with Gasteiger partial charge in [-0.15, -0.1) is 0 Å². The van der Waals surface area contributed by atoms with Crippen LogP contribution in [0.3, 0.4) is 0 Å². The molecular formula is C24H25N3O5S. The number of aryl methyl sites for hydroxylation is 2. The average Bonchev–Trinajstić information content (AvgIpc) is 2.75. The summed E-state index contributed by atoms with van der Waals surface area (Å²) < 4.78 is 33.4. The van der Waals surface area contributed by atoms with E-state index in [1.165, 1.54) is 25.1 Å². The number of benzene rings is 3. The Morgan fingerprint density at radius 1 is 0.818 bits per heavy atom. The monoisotopic (exact) mass is 467 g/mol. The van der Waals surface area contributed by atoms with E-state index < -0.39 is 10.0 Å². The second kappa shape index (κ2) is 10.2. The number of rotatable bonds is 8. The summed E-state index contributed by atoms with van der Waals surface area (Å²) in [4.78, 5) is 23.4. The van der Waals surface area contributed by atoms with Gasteiger partial charge in [-0.3, -0.25) is 14.3 Å². The van der Waals surface area contributed by atoms with Crippen LogP contribution in [0.4, 0.5) is 17.1 Å². The van der Waals surface area contributed by atoms with Gasteiger partial charge in [-0.25, -0.2) is 8.42 Å². The van der Waals surface area contributed by atoms with E-state index >= 15 is 0 Å². The number of anilines is 3. The molecule has 8 nitrogen and oxygen atoms in total. The van der Waals surface area contributed by atoms with Crippen molar-refractivity contribution in [2.45, 2.75) is 25.7 Å². The summed E-state index contributed by atoms with van der Waals surface area (Å²) in [6, 6.07) is 18.1. The number of ether oxygens (including phenoxy) is 1. The van der Waals surface area contributed by atoms with E-state index in [-0.39, 0.29) is 23.3 Å². The highest BCUT2D eigenvalue weighted by Gasteiger charge is 2.16. The lowest BCUT2D eigenvalue weighted by Gasteiger charge is -2.13. The van der Waals surface area contributed by atoms with E-state index in [0.717, 1.165) is 5.56 Å². The molecule has 3 aromatic rings. The van der Waals surface area contributed by atoms with Crippen molar-refractivity contribution in [2.75, 3.05) is 22.0 Å². The lowest BCUT2D eigenvalue weighted by atomic mass is 10.2. The Morgan fingerprint density at radius 3 is 1.97 bits per heavy atom. The predicted molar refractivity (Wildman–Crippen MR) is 128 cm³/mol. The SMILES string of the molecule is CC(=O)Nc1ccc(NC(=O)COc2ccc(S(=O)(=O)Nc3ccc(C)cc3)cc2C)cc1. The molecule has 3 aromatic carbocycles. The maximum Gasteiger partial charge on any atom is 0.262 e. The first-order chi connectivity index (χ1) is 15.6. The molecule has 0 radical (unpaired) electrons. The Morgan fingerprint density at radius 2 is 1.39 bits per heavy atom.